The maximum Gasteiger partial charge on any atom is 0.254 e. The molecule has 1 aromatic heterocycles. The van der Waals surface area contributed by atoms with Gasteiger partial charge in [0.2, 0.25) is 0 Å². The van der Waals surface area contributed by atoms with E-state index in [1.165, 1.54) is 0 Å². The van der Waals surface area contributed by atoms with Crippen molar-refractivity contribution < 1.29 is 9.53 Å². The van der Waals surface area contributed by atoms with Crippen molar-refractivity contribution in [2.45, 2.75) is 20.4 Å². The van der Waals surface area contributed by atoms with Gasteiger partial charge < -0.3 is 15.4 Å². The second-order valence-electron chi connectivity index (χ2n) is 7.12. The average Bonchev–Trinajstić information content (AvgIpc) is 2.92. The molecule has 4 rings (SSSR count). The number of rotatable bonds is 2. The molecule has 28 heavy (non-hydrogen) atoms. The van der Waals surface area contributed by atoms with E-state index in [4.69, 9.17) is 10.5 Å². The number of carbonyl (C=O) groups is 1. The van der Waals surface area contributed by atoms with Crippen LogP contribution in [0.15, 0.2) is 54.7 Å². The molecule has 1 amide bonds. The number of hydrogen-bond donors (Lipinski definition) is 1. The van der Waals surface area contributed by atoms with Crippen LogP contribution >= 0.6 is 0 Å². The van der Waals surface area contributed by atoms with Gasteiger partial charge in [0.25, 0.3) is 5.91 Å². The van der Waals surface area contributed by atoms with Gasteiger partial charge in [-0.1, -0.05) is 18.2 Å². The van der Waals surface area contributed by atoms with Crippen molar-refractivity contribution in [2.24, 2.45) is 0 Å². The van der Waals surface area contributed by atoms with Crippen LogP contribution in [0.1, 0.15) is 27.0 Å². The highest BCUT2D eigenvalue weighted by Gasteiger charge is 2.23. The smallest absolute Gasteiger partial charge is 0.254 e. The fourth-order valence-corrected chi connectivity index (χ4v) is 3.48. The maximum absolute atomic E-state index is 13.2. The van der Waals surface area contributed by atoms with Crippen LogP contribution in [0.4, 0.5) is 5.82 Å². The quantitative estimate of drug-likeness (QED) is 0.738. The van der Waals surface area contributed by atoms with Crippen molar-refractivity contribution in [3.05, 3.63) is 77.0 Å². The number of pyridine rings is 1. The lowest BCUT2D eigenvalue weighted by Gasteiger charge is -2.21. The average molecular weight is 373 g/mol. The standard InChI is InChI=1S/C23H23N3O2/c1-15-4-3-5-20(16(15)2)23(27)26-10-11-28-21-8-6-17(12-19(21)14-26)18-7-9-22(24)25-13-18/h3-9,12-13H,10-11,14H2,1-2H3,(H2,24,25). The summed E-state index contributed by atoms with van der Waals surface area (Å²) in [6.45, 7) is 5.57. The monoisotopic (exact) mass is 373 g/mol. The van der Waals surface area contributed by atoms with E-state index in [1.54, 1.807) is 12.3 Å². The lowest BCUT2D eigenvalue weighted by Crippen LogP contribution is -2.33. The fraction of sp³-hybridized carbons (Fsp3) is 0.217. The molecule has 142 valence electrons. The van der Waals surface area contributed by atoms with E-state index in [0.717, 1.165) is 39.1 Å². The number of anilines is 1. The molecule has 2 heterocycles. The Morgan fingerprint density at radius 3 is 2.71 bits per heavy atom. The summed E-state index contributed by atoms with van der Waals surface area (Å²) in [6, 6.07) is 15.6. The Balaban J connectivity index is 1.65. The van der Waals surface area contributed by atoms with Gasteiger partial charge in [0, 0.05) is 29.4 Å². The zero-order valence-electron chi connectivity index (χ0n) is 16.1. The Morgan fingerprint density at radius 2 is 1.93 bits per heavy atom. The molecule has 5 nitrogen and oxygen atoms in total. The summed E-state index contributed by atoms with van der Waals surface area (Å²) in [7, 11) is 0. The molecular weight excluding hydrogens is 350 g/mol. The zero-order chi connectivity index (χ0) is 19.7. The molecule has 0 saturated heterocycles. The normalized spacial score (nSPS) is 13.4. The number of ether oxygens (including phenoxy) is 1. The van der Waals surface area contributed by atoms with Crippen LogP contribution in [-0.2, 0) is 6.54 Å². The molecule has 5 heteroatoms. The van der Waals surface area contributed by atoms with Crippen LogP contribution in [0.3, 0.4) is 0 Å². The highest BCUT2D eigenvalue weighted by molar-refractivity contribution is 5.96. The first-order valence-electron chi connectivity index (χ1n) is 9.36. The number of aromatic nitrogens is 1. The molecule has 1 aliphatic rings. The number of aryl methyl sites for hydroxylation is 1. The van der Waals surface area contributed by atoms with Crippen LogP contribution in [0.25, 0.3) is 11.1 Å². The lowest BCUT2D eigenvalue weighted by atomic mass is 10.0. The summed E-state index contributed by atoms with van der Waals surface area (Å²) in [6.07, 6.45) is 1.76. The Hall–Kier alpha value is -3.34. The SMILES string of the molecule is Cc1cccc(C(=O)N2CCOc3ccc(-c4ccc(N)nc4)cc3C2)c1C. The van der Waals surface area contributed by atoms with E-state index in [0.29, 0.717) is 25.5 Å². The topological polar surface area (TPSA) is 68.5 Å². The zero-order valence-corrected chi connectivity index (χ0v) is 16.1. The van der Waals surface area contributed by atoms with E-state index < -0.39 is 0 Å². The van der Waals surface area contributed by atoms with E-state index in [1.807, 2.05) is 55.1 Å². The van der Waals surface area contributed by atoms with Gasteiger partial charge >= 0.3 is 0 Å². The first kappa shape index (κ1) is 18.0. The number of amides is 1. The Morgan fingerprint density at radius 1 is 1.11 bits per heavy atom. The number of carbonyl (C=O) groups excluding carboxylic acids is 1. The van der Waals surface area contributed by atoms with Crippen molar-refractivity contribution in [3.8, 4) is 16.9 Å². The minimum absolute atomic E-state index is 0.0391. The van der Waals surface area contributed by atoms with Crippen LogP contribution in [0, 0.1) is 13.8 Å². The third-order valence-electron chi connectivity index (χ3n) is 5.28. The van der Waals surface area contributed by atoms with Gasteiger partial charge in [-0.05, 0) is 60.9 Å². The van der Waals surface area contributed by atoms with Crippen molar-refractivity contribution in [3.63, 3.8) is 0 Å². The minimum atomic E-state index is 0.0391. The molecule has 0 unspecified atom stereocenters. The Labute approximate surface area is 164 Å². The number of nitrogens with zero attached hydrogens (tertiary/aromatic N) is 2. The predicted octanol–water partition coefficient (Wildman–Crippen LogP) is 3.98. The molecule has 0 saturated carbocycles. The van der Waals surface area contributed by atoms with Gasteiger partial charge in [-0.3, -0.25) is 4.79 Å². The van der Waals surface area contributed by atoms with Gasteiger partial charge in [-0.15, -0.1) is 0 Å². The number of nitrogens with two attached hydrogens (primary N) is 1. The third kappa shape index (κ3) is 3.43. The van der Waals surface area contributed by atoms with E-state index >= 15 is 0 Å². The maximum atomic E-state index is 13.2. The molecule has 0 aliphatic carbocycles. The van der Waals surface area contributed by atoms with Crippen molar-refractivity contribution in [1.82, 2.24) is 9.88 Å². The van der Waals surface area contributed by atoms with Crippen LogP contribution in [-0.4, -0.2) is 28.9 Å². The number of nitrogen functional groups attached to an aromatic ring is 1. The Kier molecular flexibility index (Phi) is 4.74. The summed E-state index contributed by atoms with van der Waals surface area (Å²) in [5.74, 6) is 1.35. The molecule has 1 aliphatic heterocycles. The molecule has 0 bridgehead atoms. The molecule has 2 aromatic carbocycles. The lowest BCUT2D eigenvalue weighted by molar-refractivity contribution is 0.0732. The first-order valence-corrected chi connectivity index (χ1v) is 9.36. The van der Waals surface area contributed by atoms with Crippen LogP contribution in [0.5, 0.6) is 5.75 Å². The summed E-state index contributed by atoms with van der Waals surface area (Å²) >= 11 is 0. The van der Waals surface area contributed by atoms with Gasteiger partial charge in [-0.2, -0.15) is 0 Å². The molecule has 0 atom stereocenters. The number of benzene rings is 2. The van der Waals surface area contributed by atoms with E-state index in [9.17, 15) is 4.79 Å². The van der Waals surface area contributed by atoms with Gasteiger partial charge in [-0.25, -0.2) is 4.98 Å². The van der Waals surface area contributed by atoms with Crippen LogP contribution in [0.2, 0.25) is 0 Å². The summed E-state index contributed by atoms with van der Waals surface area (Å²) in [5.41, 5.74) is 11.6. The highest BCUT2D eigenvalue weighted by atomic mass is 16.5. The second-order valence-corrected chi connectivity index (χ2v) is 7.12. The molecular formula is C23H23N3O2. The third-order valence-corrected chi connectivity index (χ3v) is 5.28. The van der Waals surface area contributed by atoms with Crippen molar-refractivity contribution in [2.75, 3.05) is 18.9 Å². The molecule has 3 aromatic rings. The summed E-state index contributed by atoms with van der Waals surface area (Å²) < 4.78 is 5.90. The van der Waals surface area contributed by atoms with Crippen molar-refractivity contribution in [1.29, 1.82) is 0 Å². The van der Waals surface area contributed by atoms with E-state index in [2.05, 4.69) is 11.1 Å². The molecule has 2 N–H and O–H groups in total. The highest BCUT2D eigenvalue weighted by Crippen LogP contribution is 2.30. The minimum Gasteiger partial charge on any atom is -0.491 e. The number of hydrogen-bond acceptors (Lipinski definition) is 4. The number of fused-ring (bicyclic) bond motifs is 1. The molecule has 0 radical (unpaired) electrons. The van der Waals surface area contributed by atoms with Crippen LogP contribution < -0.4 is 10.5 Å². The molecule has 0 spiro atoms. The largest absolute Gasteiger partial charge is 0.491 e. The van der Waals surface area contributed by atoms with Crippen molar-refractivity contribution >= 4 is 11.7 Å². The first-order chi connectivity index (χ1) is 13.5. The van der Waals surface area contributed by atoms with Gasteiger partial charge in [0.1, 0.15) is 18.2 Å². The second kappa shape index (κ2) is 7.35. The summed E-state index contributed by atoms with van der Waals surface area (Å²) in [4.78, 5) is 19.2. The fourth-order valence-electron chi connectivity index (χ4n) is 3.48. The van der Waals surface area contributed by atoms with E-state index in [-0.39, 0.29) is 5.91 Å². The van der Waals surface area contributed by atoms with Gasteiger partial charge in [0.15, 0.2) is 0 Å². The summed E-state index contributed by atoms with van der Waals surface area (Å²) in [5, 5.41) is 0. The predicted molar refractivity (Wildman–Crippen MR) is 110 cm³/mol. The van der Waals surface area contributed by atoms with Gasteiger partial charge in [0.05, 0.1) is 6.54 Å². The molecule has 0 fully saturated rings. The Bertz CT molecular complexity index is 1030.